The topological polar surface area (TPSA) is 71.3 Å². The molecule has 0 bridgehead atoms. The molecule has 1 aliphatic rings. The largest absolute Gasteiger partial charge is 0.348 e. The molecule has 9 heteroatoms. The first kappa shape index (κ1) is 24.4. The van der Waals surface area contributed by atoms with Gasteiger partial charge in [0.25, 0.3) is 5.91 Å². The van der Waals surface area contributed by atoms with Gasteiger partial charge in [-0.3, -0.25) is 4.79 Å². The van der Waals surface area contributed by atoms with Crippen LogP contribution in [-0.2, 0) is 6.54 Å². The van der Waals surface area contributed by atoms with Crippen molar-refractivity contribution in [2.24, 2.45) is 0 Å². The normalized spacial score (nSPS) is 13.0. The van der Waals surface area contributed by atoms with Gasteiger partial charge in [0.2, 0.25) is 0 Å². The van der Waals surface area contributed by atoms with Gasteiger partial charge in [-0.2, -0.15) is 9.61 Å². The second kappa shape index (κ2) is 10.1. The highest BCUT2D eigenvalue weighted by Crippen LogP contribution is 2.40. The van der Waals surface area contributed by atoms with Crippen molar-refractivity contribution < 1.29 is 9.18 Å². The first-order valence-corrected chi connectivity index (χ1v) is 13.0. The van der Waals surface area contributed by atoms with E-state index in [1.807, 2.05) is 6.07 Å². The number of benzene rings is 3. The summed E-state index contributed by atoms with van der Waals surface area (Å²) in [5.41, 5.74) is 4.44. The van der Waals surface area contributed by atoms with Crippen molar-refractivity contribution in [2.75, 3.05) is 5.32 Å². The lowest BCUT2D eigenvalue weighted by Crippen LogP contribution is -2.23. The Labute approximate surface area is 228 Å². The molecule has 5 aromatic rings. The highest BCUT2D eigenvalue weighted by atomic mass is 35.5. The van der Waals surface area contributed by atoms with Gasteiger partial charge in [-0.1, -0.05) is 41.4 Å². The number of hydrogen-bond acceptors (Lipinski definition) is 4. The first-order chi connectivity index (χ1) is 18.5. The van der Waals surface area contributed by atoms with Crippen LogP contribution in [0, 0.1) is 5.82 Å². The number of rotatable bonds is 7. The maximum atomic E-state index is 14.6. The number of halogens is 3. The minimum Gasteiger partial charge on any atom is -0.348 e. The molecule has 0 radical (unpaired) electrons. The molecule has 6 rings (SSSR count). The number of amides is 1. The fourth-order valence-corrected chi connectivity index (χ4v) is 4.82. The predicted octanol–water partition coefficient (Wildman–Crippen LogP) is 7.39. The molecule has 1 amide bonds. The molecular formula is C29H22Cl2FN5O. The highest BCUT2D eigenvalue weighted by molar-refractivity contribution is 6.36. The van der Waals surface area contributed by atoms with E-state index in [1.165, 1.54) is 6.07 Å². The lowest BCUT2D eigenvalue weighted by Gasteiger charge is -2.12. The average Bonchev–Trinajstić information content (AvgIpc) is 3.67. The zero-order valence-corrected chi connectivity index (χ0v) is 21.6. The lowest BCUT2D eigenvalue weighted by molar-refractivity contribution is 0.0951. The molecule has 0 spiro atoms. The van der Waals surface area contributed by atoms with E-state index in [2.05, 4.69) is 15.6 Å². The van der Waals surface area contributed by atoms with Gasteiger partial charge < -0.3 is 10.6 Å². The van der Waals surface area contributed by atoms with Crippen LogP contribution < -0.4 is 10.6 Å². The van der Waals surface area contributed by atoms with Crippen molar-refractivity contribution in [2.45, 2.75) is 25.3 Å². The van der Waals surface area contributed by atoms with E-state index >= 15 is 0 Å². The molecule has 2 heterocycles. The fraction of sp³-hybridized carbons (Fsp3) is 0.138. The van der Waals surface area contributed by atoms with Crippen molar-refractivity contribution in [1.82, 2.24) is 19.9 Å². The molecule has 0 saturated heterocycles. The zero-order chi connectivity index (χ0) is 26.2. The Morgan fingerprint density at radius 1 is 0.974 bits per heavy atom. The van der Waals surface area contributed by atoms with Crippen LogP contribution in [0.4, 0.5) is 15.9 Å². The standard InChI is InChI=1S/C29H22Cl2FN5O/c30-22-5-3-6-23(31)21(22)16-33-29(38)18-10-12-19(13-11-18)34-27-15-26(20-4-1-2-7-24(20)32)35-28-14-25(17-8-9-17)36-37(27)28/h1-7,10-15,17,34H,8-9,16H2,(H,33,38). The van der Waals surface area contributed by atoms with Crippen molar-refractivity contribution in [3.8, 4) is 11.3 Å². The van der Waals surface area contributed by atoms with E-state index in [0.717, 1.165) is 24.2 Å². The van der Waals surface area contributed by atoms with Crippen molar-refractivity contribution in [3.05, 3.63) is 112 Å². The molecule has 1 fully saturated rings. The number of nitrogens with zero attached hydrogens (tertiary/aromatic N) is 3. The van der Waals surface area contributed by atoms with Gasteiger partial charge in [-0.15, -0.1) is 0 Å². The highest BCUT2D eigenvalue weighted by Gasteiger charge is 2.27. The zero-order valence-electron chi connectivity index (χ0n) is 20.1. The van der Waals surface area contributed by atoms with Gasteiger partial charge in [-0.05, 0) is 61.4 Å². The Morgan fingerprint density at radius 3 is 2.42 bits per heavy atom. The third kappa shape index (κ3) is 4.95. The molecule has 3 aromatic carbocycles. The Morgan fingerprint density at radius 2 is 1.71 bits per heavy atom. The minimum absolute atomic E-state index is 0.216. The summed E-state index contributed by atoms with van der Waals surface area (Å²) in [5, 5.41) is 12.0. The lowest BCUT2D eigenvalue weighted by atomic mass is 10.1. The van der Waals surface area contributed by atoms with Gasteiger partial charge >= 0.3 is 0 Å². The molecule has 190 valence electrons. The summed E-state index contributed by atoms with van der Waals surface area (Å²) < 4.78 is 16.3. The first-order valence-electron chi connectivity index (χ1n) is 12.2. The van der Waals surface area contributed by atoms with Crippen molar-refractivity contribution in [1.29, 1.82) is 0 Å². The summed E-state index contributed by atoms with van der Waals surface area (Å²) in [5.74, 6) is 0.498. The molecule has 0 aliphatic heterocycles. The molecule has 0 unspecified atom stereocenters. The van der Waals surface area contributed by atoms with Crippen LogP contribution in [0.2, 0.25) is 10.0 Å². The Kier molecular flexibility index (Phi) is 6.47. The van der Waals surface area contributed by atoms with Crippen LogP contribution in [-0.4, -0.2) is 20.5 Å². The fourth-order valence-electron chi connectivity index (χ4n) is 4.29. The molecule has 6 nitrogen and oxygen atoms in total. The van der Waals surface area contributed by atoms with Crippen LogP contribution in [0.25, 0.3) is 16.9 Å². The van der Waals surface area contributed by atoms with Crippen LogP contribution >= 0.6 is 23.2 Å². The van der Waals surface area contributed by atoms with E-state index in [9.17, 15) is 9.18 Å². The van der Waals surface area contributed by atoms with E-state index in [-0.39, 0.29) is 18.3 Å². The summed E-state index contributed by atoms with van der Waals surface area (Å²) in [6.45, 7) is 0.216. The average molecular weight is 546 g/mol. The maximum Gasteiger partial charge on any atom is 0.251 e. The summed E-state index contributed by atoms with van der Waals surface area (Å²) >= 11 is 12.4. The second-order valence-electron chi connectivity index (χ2n) is 9.21. The molecule has 38 heavy (non-hydrogen) atoms. The number of carbonyl (C=O) groups excluding carboxylic acids is 1. The molecule has 0 atom stereocenters. The van der Waals surface area contributed by atoms with Gasteiger partial charge in [0, 0.05) is 57.0 Å². The van der Waals surface area contributed by atoms with Gasteiger partial charge in [-0.25, -0.2) is 9.37 Å². The van der Waals surface area contributed by atoms with Gasteiger partial charge in [0.15, 0.2) is 5.65 Å². The molecule has 1 aliphatic carbocycles. The van der Waals surface area contributed by atoms with E-state index in [0.29, 0.717) is 49.8 Å². The molecule has 1 saturated carbocycles. The van der Waals surface area contributed by atoms with E-state index in [1.54, 1.807) is 71.2 Å². The minimum atomic E-state index is -0.342. The summed E-state index contributed by atoms with van der Waals surface area (Å²) in [6.07, 6.45) is 2.22. The molecule has 2 N–H and O–H groups in total. The van der Waals surface area contributed by atoms with Crippen molar-refractivity contribution >= 4 is 46.3 Å². The predicted molar refractivity (Wildman–Crippen MR) is 148 cm³/mol. The summed E-state index contributed by atoms with van der Waals surface area (Å²) in [4.78, 5) is 17.4. The number of aromatic nitrogens is 3. The van der Waals surface area contributed by atoms with Gasteiger partial charge in [0.1, 0.15) is 11.6 Å². The SMILES string of the molecule is O=C(NCc1c(Cl)cccc1Cl)c1ccc(Nc2cc(-c3ccccc3F)nc3cc(C4CC4)nn23)cc1. The number of anilines is 2. The maximum absolute atomic E-state index is 14.6. The third-order valence-electron chi connectivity index (χ3n) is 6.50. The van der Waals surface area contributed by atoms with Crippen LogP contribution in [0.15, 0.2) is 78.9 Å². The third-order valence-corrected chi connectivity index (χ3v) is 7.21. The van der Waals surface area contributed by atoms with Gasteiger partial charge in [0.05, 0.1) is 11.4 Å². The molecule has 2 aromatic heterocycles. The summed E-state index contributed by atoms with van der Waals surface area (Å²) in [7, 11) is 0. The Bertz CT molecular complexity index is 1640. The quantitative estimate of drug-likeness (QED) is 0.223. The number of carbonyl (C=O) groups is 1. The monoisotopic (exact) mass is 545 g/mol. The van der Waals surface area contributed by atoms with E-state index in [4.69, 9.17) is 28.3 Å². The number of hydrogen-bond donors (Lipinski definition) is 2. The number of nitrogens with one attached hydrogen (secondary N) is 2. The second-order valence-corrected chi connectivity index (χ2v) is 10.0. The van der Waals surface area contributed by atoms with Crippen molar-refractivity contribution in [3.63, 3.8) is 0 Å². The van der Waals surface area contributed by atoms with Crippen LogP contribution in [0.5, 0.6) is 0 Å². The Balaban J connectivity index is 1.25. The smallest absolute Gasteiger partial charge is 0.251 e. The van der Waals surface area contributed by atoms with E-state index < -0.39 is 0 Å². The molecular weight excluding hydrogens is 524 g/mol. The Hall–Kier alpha value is -3.94. The summed E-state index contributed by atoms with van der Waals surface area (Å²) in [6, 6.07) is 22.6. The van der Waals surface area contributed by atoms with Crippen LogP contribution in [0.1, 0.15) is 40.4 Å². The number of fused-ring (bicyclic) bond motifs is 1. The van der Waals surface area contributed by atoms with Crippen LogP contribution in [0.3, 0.4) is 0 Å².